The molecule has 7 heteroatoms. The van der Waals surface area contributed by atoms with Crippen LogP contribution in [-0.4, -0.2) is 28.9 Å². The molecule has 1 aliphatic carbocycles. The molecule has 3 rings (SSSR count). The number of nitrogens with one attached hydrogen (secondary N) is 2. The SMILES string of the molecule is COc1ccc(NC(=O)c2ccnc(NC(=O)C3CC3)c2)cn1. The van der Waals surface area contributed by atoms with Crippen LogP contribution in [0.25, 0.3) is 0 Å². The van der Waals surface area contributed by atoms with Gasteiger partial charge in [0.15, 0.2) is 0 Å². The summed E-state index contributed by atoms with van der Waals surface area (Å²) >= 11 is 0. The Morgan fingerprint density at radius 2 is 2.00 bits per heavy atom. The minimum Gasteiger partial charge on any atom is -0.481 e. The molecular formula is C16H16N4O3. The lowest BCUT2D eigenvalue weighted by molar-refractivity contribution is -0.117. The molecule has 2 amide bonds. The molecule has 7 nitrogen and oxygen atoms in total. The average Bonchev–Trinajstić information content (AvgIpc) is 3.41. The maximum absolute atomic E-state index is 12.2. The van der Waals surface area contributed by atoms with Gasteiger partial charge in [0.2, 0.25) is 11.8 Å². The lowest BCUT2D eigenvalue weighted by atomic mass is 10.2. The number of nitrogens with zero attached hydrogens (tertiary/aromatic N) is 2. The summed E-state index contributed by atoms with van der Waals surface area (Å²) in [5, 5.41) is 5.45. The largest absolute Gasteiger partial charge is 0.481 e. The Hall–Kier alpha value is -2.96. The minimum absolute atomic E-state index is 0.0468. The molecule has 2 N–H and O–H groups in total. The zero-order chi connectivity index (χ0) is 16.2. The van der Waals surface area contributed by atoms with Crippen LogP contribution in [0.2, 0.25) is 0 Å². The van der Waals surface area contributed by atoms with Crippen LogP contribution in [0.4, 0.5) is 11.5 Å². The summed E-state index contributed by atoms with van der Waals surface area (Å²) in [5.74, 6) is 0.578. The predicted octanol–water partition coefficient (Wildman–Crippen LogP) is 2.09. The highest BCUT2D eigenvalue weighted by molar-refractivity contribution is 6.05. The first-order chi connectivity index (χ1) is 11.2. The van der Waals surface area contributed by atoms with E-state index in [0.29, 0.717) is 22.9 Å². The van der Waals surface area contributed by atoms with Crippen molar-refractivity contribution in [1.82, 2.24) is 9.97 Å². The number of pyridine rings is 2. The molecule has 1 fully saturated rings. The van der Waals surface area contributed by atoms with E-state index >= 15 is 0 Å². The molecule has 1 saturated carbocycles. The molecule has 2 aromatic heterocycles. The number of amides is 2. The number of anilines is 2. The van der Waals surface area contributed by atoms with Gasteiger partial charge in [-0.2, -0.15) is 0 Å². The van der Waals surface area contributed by atoms with Gasteiger partial charge in [-0.1, -0.05) is 0 Å². The van der Waals surface area contributed by atoms with E-state index in [-0.39, 0.29) is 17.7 Å². The second-order valence-electron chi connectivity index (χ2n) is 5.24. The molecule has 0 radical (unpaired) electrons. The molecule has 0 atom stereocenters. The number of hydrogen-bond donors (Lipinski definition) is 2. The van der Waals surface area contributed by atoms with Crippen molar-refractivity contribution in [1.29, 1.82) is 0 Å². The summed E-state index contributed by atoms with van der Waals surface area (Å²) in [6.07, 6.45) is 4.82. The third kappa shape index (κ3) is 3.82. The number of aromatic nitrogens is 2. The topological polar surface area (TPSA) is 93.2 Å². The van der Waals surface area contributed by atoms with Gasteiger partial charge in [-0.15, -0.1) is 0 Å². The summed E-state index contributed by atoms with van der Waals surface area (Å²) in [6, 6.07) is 6.48. The van der Waals surface area contributed by atoms with Crippen LogP contribution in [0.1, 0.15) is 23.2 Å². The molecular weight excluding hydrogens is 296 g/mol. The van der Waals surface area contributed by atoms with Gasteiger partial charge >= 0.3 is 0 Å². The van der Waals surface area contributed by atoms with Crippen LogP contribution in [0, 0.1) is 5.92 Å². The van der Waals surface area contributed by atoms with Crippen molar-refractivity contribution in [2.45, 2.75) is 12.8 Å². The second kappa shape index (κ2) is 6.43. The van der Waals surface area contributed by atoms with E-state index in [2.05, 4.69) is 20.6 Å². The number of carbonyl (C=O) groups excluding carboxylic acids is 2. The fraction of sp³-hybridized carbons (Fsp3) is 0.250. The van der Waals surface area contributed by atoms with E-state index in [0.717, 1.165) is 12.8 Å². The van der Waals surface area contributed by atoms with E-state index in [4.69, 9.17) is 4.74 Å². The summed E-state index contributed by atoms with van der Waals surface area (Å²) in [4.78, 5) is 32.1. The third-order valence-corrected chi connectivity index (χ3v) is 3.42. The molecule has 0 saturated heterocycles. The summed E-state index contributed by atoms with van der Waals surface area (Å²) < 4.78 is 4.96. The maximum Gasteiger partial charge on any atom is 0.255 e. The average molecular weight is 312 g/mol. The second-order valence-corrected chi connectivity index (χ2v) is 5.24. The van der Waals surface area contributed by atoms with Crippen molar-refractivity contribution in [3.63, 3.8) is 0 Å². The Bertz CT molecular complexity index is 726. The fourth-order valence-electron chi connectivity index (χ4n) is 1.99. The number of carbonyl (C=O) groups is 2. The molecule has 2 heterocycles. The van der Waals surface area contributed by atoms with Crippen molar-refractivity contribution in [2.24, 2.45) is 5.92 Å². The van der Waals surface area contributed by atoms with Gasteiger partial charge in [0.25, 0.3) is 5.91 Å². The Kier molecular flexibility index (Phi) is 4.18. The van der Waals surface area contributed by atoms with Crippen molar-refractivity contribution < 1.29 is 14.3 Å². The first-order valence-corrected chi connectivity index (χ1v) is 7.24. The van der Waals surface area contributed by atoms with Crippen LogP contribution in [0.3, 0.4) is 0 Å². The van der Waals surface area contributed by atoms with Crippen molar-refractivity contribution in [2.75, 3.05) is 17.7 Å². The van der Waals surface area contributed by atoms with Crippen LogP contribution in [-0.2, 0) is 4.79 Å². The normalized spacial score (nSPS) is 13.3. The van der Waals surface area contributed by atoms with E-state index in [1.54, 1.807) is 24.3 Å². The van der Waals surface area contributed by atoms with Gasteiger partial charge in [0.1, 0.15) is 5.82 Å². The molecule has 0 bridgehead atoms. The van der Waals surface area contributed by atoms with Gasteiger partial charge in [-0.3, -0.25) is 9.59 Å². The molecule has 2 aromatic rings. The summed E-state index contributed by atoms with van der Waals surface area (Å²) in [6.45, 7) is 0. The van der Waals surface area contributed by atoms with Gasteiger partial charge < -0.3 is 15.4 Å². The van der Waals surface area contributed by atoms with Gasteiger partial charge in [-0.05, 0) is 31.0 Å². The number of methoxy groups -OCH3 is 1. The van der Waals surface area contributed by atoms with Gasteiger partial charge in [0, 0.05) is 23.7 Å². The summed E-state index contributed by atoms with van der Waals surface area (Å²) in [7, 11) is 1.52. The molecule has 0 spiro atoms. The van der Waals surface area contributed by atoms with Crippen molar-refractivity contribution >= 4 is 23.3 Å². The first-order valence-electron chi connectivity index (χ1n) is 7.24. The van der Waals surface area contributed by atoms with Gasteiger partial charge in [-0.25, -0.2) is 9.97 Å². The smallest absolute Gasteiger partial charge is 0.255 e. The minimum atomic E-state index is -0.304. The van der Waals surface area contributed by atoms with Crippen LogP contribution in [0.5, 0.6) is 5.88 Å². The number of ether oxygens (including phenoxy) is 1. The van der Waals surface area contributed by atoms with Crippen LogP contribution in [0.15, 0.2) is 36.7 Å². The lowest BCUT2D eigenvalue weighted by Gasteiger charge is -2.07. The highest BCUT2D eigenvalue weighted by Gasteiger charge is 2.29. The van der Waals surface area contributed by atoms with Crippen molar-refractivity contribution in [3.8, 4) is 5.88 Å². The highest BCUT2D eigenvalue weighted by Crippen LogP contribution is 2.30. The van der Waals surface area contributed by atoms with E-state index in [1.807, 2.05) is 0 Å². The fourth-order valence-corrected chi connectivity index (χ4v) is 1.99. The number of rotatable bonds is 5. The summed E-state index contributed by atoms with van der Waals surface area (Å²) in [5.41, 5.74) is 0.957. The third-order valence-electron chi connectivity index (χ3n) is 3.42. The molecule has 0 unspecified atom stereocenters. The molecule has 0 aromatic carbocycles. The zero-order valence-corrected chi connectivity index (χ0v) is 12.6. The van der Waals surface area contributed by atoms with Crippen LogP contribution >= 0.6 is 0 Å². The molecule has 23 heavy (non-hydrogen) atoms. The van der Waals surface area contributed by atoms with Crippen LogP contribution < -0.4 is 15.4 Å². The monoisotopic (exact) mass is 312 g/mol. The standard InChI is InChI=1S/C16H16N4O3/c1-23-14-5-4-12(9-18-14)19-16(22)11-6-7-17-13(8-11)20-15(21)10-2-3-10/h4-10H,2-3H2,1H3,(H,19,22)(H,17,20,21). The van der Waals surface area contributed by atoms with E-state index < -0.39 is 0 Å². The molecule has 0 aliphatic heterocycles. The molecule has 118 valence electrons. The Labute approximate surface area is 133 Å². The lowest BCUT2D eigenvalue weighted by Crippen LogP contribution is -2.16. The van der Waals surface area contributed by atoms with Gasteiger partial charge in [0.05, 0.1) is 19.0 Å². The quantitative estimate of drug-likeness (QED) is 0.881. The first kappa shape index (κ1) is 15.0. The van der Waals surface area contributed by atoms with Crippen molar-refractivity contribution in [3.05, 3.63) is 42.2 Å². The van der Waals surface area contributed by atoms with E-state index in [1.165, 1.54) is 19.5 Å². The molecule has 1 aliphatic rings. The maximum atomic E-state index is 12.2. The number of hydrogen-bond acceptors (Lipinski definition) is 5. The Balaban J connectivity index is 1.67. The van der Waals surface area contributed by atoms with E-state index in [9.17, 15) is 9.59 Å². The zero-order valence-electron chi connectivity index (χ0n) is 12.6. The predicted molar refractivity (Wildman–Crippen MR) is 84.3 cm³/mol. The Morgan fingerprint density at radius 3 is 2.65 bits per heavy atom. The highest BCUT2D eigenvalue weighted by atomic mass is 16.5. The Morgan fingerprint density at radius 1 is 1.17 bits per heavy atom.